The summed E-state index contributed by atoms with van der Waals surface area (Å²) in [6, 6.07) is 10.9. The highest BCUT2D eigenvalue weighted by molar-refractivity contribution is 7.13. The lowest BCUT2D eigenvalue weighted by Gasteiger charge is -2.04. The molecular weight excluding hydrogens is 388 g/mol. The third-order valence-corrected chi connectivity index (χ3v) is 5.02. The van der Waals surface area contributed by atoms with Crippen LogP contribution in [0.2, 0.25) is 5.02 Å². The van der Waals surface area contributed by atoms with Crippen molar-refractivity contribution in [3.8, 4) is 22.0 Å². The Morgan fingerprint density at radius 2 is 2.11 bits per heavy atom. The summed E-state index contributed by atoms with van der Waals surface area (Å²) in [5, 5.41) is 6.37. The largest absolute Gasteiger partial charge is 0.455 e. The Morgan fingerprint density at radius 3 is 2.89 bits per heavy atom. The summed E-state index contributed by atoms with van der Waals surface area (Å²) in [5.74, 6) is 0.285. The minimum absolute atomic E-state index is 0.0275. The van der Waals surface area contributed by atoms with Crippen LogP contribution in [0, 0.1) is 6.92 Å². The van der Waals surface area contributed by atoms with E-state index in [2.05, 4.69) is 10.1 Å². The average molecular weight is 401 g/mol. The first-order valence-corrected chi connectivity index (χ1v) is 9.26. The Bertz CT molecular complexity index is 1090. The molecule has 136 valence electrons. The number of oxazole rings is 1. The first-order valence-electron chi connectivity index (χ1n) is 8.00. The molecule has 8 heteroatoms. The molecule has 0 bridgehead atoms. The monoisotopic (exact) mass is 400 g/mol. The molecule has 0 amide bonds. The Kier molecular flexibility index (Phi) is 4.79. The van der Waals surface area contributed by atoms with Gasteiger partial charge in [0.2, 0.25) is 5.89 Å². The van der Waals surface area contributed by atoms with Crippen LogP contribution in [0.3, 0.4) is 0 Å². The van der Waals surface area contributed by atoms with E-state index in [4.69, 9.17) is 25.3 Å². The van der Waals surface area contributed by atoms with Gasteiger partial charge in [-0.2, -0.15) is 0 Å². The first-order chi connectivity index (χ1) is 13.1. The van der Waals surface area contributed by atoms with Gasteiger partial charge in [-0.25, -0.2) is 9.78 Å². The maximum absolute atomic E-state index is 12.6. The second-order valence-corrected chi connectivity index (χ2v) is 6.99. The lowest BCUT2D eigenvalue weighted by atomic mass is 10.1. The van der Waals surface area contributed by atoms with Crippen LogP contribution in [-0.4, -0.2) is 16.1 Å². The van der Waals surface area contributed by atoms with E-state index in [0.717, 1.165) is 4.88 Å². The Morgan fingerprint density at radius 1 is 1.26 bits per heavy atom. The average Bonchev–Trinajstić information content (AvgIpc) is 3.40. The quantitative estimate of drug-likeness (QED) is 0.418. The highest BCUT2D eigenvalue weighted by Crippen LogP contribution is 2.31. The van der Waals surface area contributed by atoms with E-state index in [0.29, 0.717) is 33.6 Å². The number of hydrogen-bond donors (Lipinski definition) is 0. The number of carbonyl (C=O) groups is 1. The summed E-state index contributed by atoms with van der Waals surface area (Å²) < 4.78 is 16.0. The van der Waals surface area contributed by atoms with Crippen LogP contribution in [0.15, 0.2) is 57.0 Å². The molecule has 0 N–H and O–H groups in total. The number of esters is 1. The number of benzene rings is 1. The molecule has 3 aromatic heterocycles. The molecule has 0 radical (unpaired) electrons. The fraction of sp³-hybridized carbons (Fsp3) is 0.105. The van der Waals surface area contributed by atoms with Crippen LogP contribution >= 0.6 is 22.9 Å². The number of carbonyl (C=O) groups excluding carboxylic acids is 1. The van der Waals surface area contributed by atoms with Crippen LogP contribution in [0.1, 0.15) is 21.8 Å². The molecule has 1 aromatic carbocycles. The SMILES string of the molecule is Cc1onc(-c2ccccc2Cl)c1C(=O)OCc1coc(-c2cccs2)n1. The Balaban J connectivity index is 1.53. The van der Waals surface area contributed by atoms with Gasteiger partial charge in [-0.1, -0.05) is 41.0 Å². The molecule has 0 fully saturated rings. The lowest BCUT2D eigenvalue weighted by molar-refractivity contribution is 0.0466. The number of nitrogens with zero attached hydrogens (tertiary/aromatic N) is 2. The van der Waals surface area contributed by atoms with Gasteiger partial charge in [0.05, 0.1) is 9.90 Å². The molecule has 0 unspecified atom stereocenters. The minimum Gasteiger partial charge on any atom is -0.455 e. The summed E-state index contributed by atoms with van der Waals surface area (Å²) in [7, 11) is 0. The summed E-state index contributed by atoms with van der Waals surface area (Å²) >= 11 is 7.73. The number of aromatic nitrogens is 2. The molecule has 4 rings (SSSR count). The third kappa shape index (κ3) is 3.51. The van der Waals surface area contributed by atoms with Crippen molar-refractivity contribution < 1.29 is 18.5 Å². The predicted molar refractivity (Wildman–Crippen MR) is 101 cm³/mol. The van der Waals surface area contributed by atoms with Gasteiger partial charge >= 0.3 is 5.97 Å². The molecule has 0 aliphatic rings. The van der Waals surface area contributed by atoms with E-state index in [1.165, 1.54) is 17.6 Å². The maximum Gasteiger partial charge on any atom is 0.344 e. The molecular formula is C19H13ClN2O4S. The molecule has 0 saturated heterocycles. The lowest BCUT2D eigenvalue weighted by Crippen LogP contribution is -2.07. The topological polar surface area (TPSA) is 78.4 Å². The zero-order valence-electron chi connectivity index (χ0n) is 14.1. The summed E-state index contributed by atoms with van der Waals surface area (Å²) in [5.41, 5.74) is 1.71. The number of hydrogen-bond acceptors (Lipinski definition) is 7. The molecule has 0 saturated carbocycles. The Labute approximate surface area is 163 Å². The third-order valence-electron chi connectivity index (χ3n) is 3.83. The predicted octanol–water partition coefficient (Wildman–Crippen LogP) is 5.38. The van der Waals surface area contributed by atoms with Crippen LogP contribution in [0.4, 0.5) is 0 Å². The highest BCUT2D eigenvalue weighted by atomic mass is 35.5. The zero-order valence-corrected chi connectivity index (χ0v) is 15.7. The van der Waals surface area contributed by atoms with E-state index in [1.807, 2.05) is 23.6 Å². The molecule has 0 aliphatic carbocycles. The van der Waals surface area contributed by atoms with E-state index in [-0.39, 0.29) is 12.2 Å². The van der Waals surface area contributed by atoms with Crippen molar-refractivity contribution in [2.24, 2.45) is 0 Å². The summed E-state index contributed by atoms with van der Waals surface area (Å²) in [6.07, 6.45) is 1.47. The molecule has 0 spiro atoms. The van der Waals surface area contributed by atoms with Crippen molar-refractivity contribution >= 4 is 28.9 Å². The van der Waals surface area contributed by atoms with E-state index >= 15 is 0 Å². The van der Waals surface area contributed by atoms with Gasteiger partial charge in [-0.05, 0) is 24.4 Å². The number of halogens is 1. The van der Waals surface area contributed by atoms with Crippen molar-refractivity contribution in [2.45, 2.75) is 13.5 Å². The number of thiophene rings is 1. The minimum atomic E-state index is -0.565. The molecule has 6 nitrogen and oxygen atoms in total. The van der Waals surface area contributed by atoms with Gasteiger partial charge < -0.3 is 13.7 Å². The second kappa shape index (κ2) is 7.38. The van der Waals surface area contributed by atoms with E-state index < -0.39 is 5.97 Å². The Hall–Kier alpha value is -2.90. The molecule has 0 atom stereocenters. The smallest absolute Gasteiger partial charge is 0.344 e. The maximum atomic E-state index is 12.6. The van der Waals surface area contributed by atoms with Crippen LogP contribution in [0.5, 0.6) is 0 Å². The van der Waals surface area contributed by atoms with Crippen molar-refractivity contribution in [1.29, 1.82) is 0 Å². The van der Waals surface area contributed by atoms with Gasteiger partial charge in [0.1, 0.15) is 35.6 Å². The van der Waals surface area contributed by atoms with Gasteiger partial charge in [0.25, 0.3) is 0 Å². The normalized spacial score (nSPS) is 10.9. The van der Waals surface area contributed by atoms with Crippen LogP contribution < -0.4 is 0 Å². The number of aryl methyl sites for hydroxylation is 1. The molecule has 4 aromatic rings. The second-order valence-electron chi connectivity index (χ2n) is 5.64. The highest BCUT2D eigenvalue weighted by Gasteiger charge is 2.24. The van der Waals surface area contributed by atoms with Crippen molar-refractivity contribution in [3.05, 3.63) is 70.1 Å². The van der Waals surface area contributed by atoms with Gasteiger partial charge in [-0.3, -0.25) is 0 Å². The molecule has 27 heavy (non-hydrogen) atoms. The fourth-order valence-electron chi connectivity index (χ4n) is 2.55. The van der Waals surface area contributed by atoms with Crippen molar-refractivity contribution in [1.82, 2.24) is 10.1 Å². The van der Waals surface area contributed by atoms with Gasteiger partial charge in [0, 0.05) is 5.56 Å². The molecule has 0 aliphatic heterocycles. The molecule has 3 heterocycles. The summed E-state index contributed by atoms with van der Waals surface area (Å²) in [4.78, 5) is 17.9. The standard InChI is InChI=1S/C19H13ClN2O4S/c1-11-16(17(22-26-11)13-5-2-3-6-14(13)20)19(23)25-10-12-9-24-18(21-12)15-7-4-8-27-15/h2-9H,10H2,1H3. The first kappa shape index (κ1) is 17.5. The summed E-state index contributed by atoms with van der Waals surface area (Å²) in [6.45, 7) is 1.62. The van der Waals surface area contributed by atoms with Gasteiger partial charge in [-0.15, -0.1) is 11.3 Å². The fourth-order valence-corrected chi connectivity index (χ4v) is 3.43. The van der Waals surface area contributed by atoms with Crippen molar-refractivity contribution in [3.63, 3.8) is 0 Å². The van der Waals surface area contributed by atoms with Crippen LogP contribution in [-0.2, 0) is 11.3 Å². The van der Waals surface area contributed by atoms with E-state index in [9.17, 15) is 4.79 Å². The number of rotatable bonds is 5. The number of ether oxygens (including phenoxy) is 1. The van der Waals surface area contributed by atoms with E-state index in [1.54, 1.807) is 25.1 Å². The zero-order chi connectivity index (χ0) is 18.8. The van der Waals surface area contributed by atoms with Gasteiger partial charge in [0.15, 0.2) is 0 Å². The van der Waals surface area contributed by atoms with Crippen LogP contribution in [0.25, 0.3) is 22.0 Å². The van der Waals surface area contributed by atoms with Crippen molar-refractivity contribution in [2.75, 3.05) is 0 Å².